The zero-order chi connectivity index (χ0) is 33.6. The highest BCUT2D eigenvalue weighted by atomic mass is 19.4. The first-order valence-electron chi connectivity index (χ1n) is 15.9. The molecular formula is C37H36F5NO4. The van der Waals surface area contributed by atoms with Crippen LogP contribution in [0.5, 0.6) is 0 Å². The van der Waals surface area contributed by atoms with E-state index in [1.807, 2.05) is 30.3 Å². The van der Waals surface area contributed by atoms with Crippen LogP contribution in [0.15, 0.2) is 77.4 Å². The van der Waals surface area contributed by atoms with Gasteiger partial charge in [0, 0.05) is 29.9 Å². The highest BCUT2D eigenvalue weighted by Gasteiger charge is 2.79. The van der Waals surface area contributed by atoms with Gasteiger partial charge in [0.05, 0.1) is 0 Å². The van der Waals surface area contributed by atoms with E-state index in [0.29, 0.717) is 37.8 Å². The van der Waals surface area contributed by atoms with E-state index < -0.39 is 47.5 Å². The van der Waals surface area contributed by atoms with Crippen LogP contribution in [-0.4, -0.2) is 41.3 Å². The number of carbonyl (C=O) groups excluding carboxylic acids is 2. The second-order valence-electron chi connectivity index (χ2n) is 13.3. The molecule has 0 heterocycles. The second kappa shape index (κ2) is 12.2. The molecule has 2 aromatic rings. The normalized spacial score (nSPS) is 28.7. The topological polar surface area (TPSA) is 75.6 Å². The Morgan fingerprint density at radius 2 is 1.74 bits per heavy atom. The number of alkyl halides is 5. The Morgan fingerprint density at radius 1 is 1.02 bits per heavy atom. The standard InChI is InChI=1S/C37H36F5NO4/c1-34-21-30(25-11-9-23(10-12-25)8-5-19-47-33(45)43-22-24-6-3-2-4-7-24)32-28-16-14-27(44)20-26(28)13-15-29(32)31(34)17-18-35(34,46)36(38,39)37(40,41)42/h2-4,6-7,9-12,20,29-31,46H,13-19,21-22H2,1H3,(H,43,45)/t29-,30+,31-,34-,35-/m0/s1. The summed E-state index contributed by atoms with van der Waals surface area (Å²) in [6.45, 7) is 1.57. The van der Waals surface area contributed by atoms with Crippen LogP contribution in [0.1, 0.15) is 74.5 Å². The molecule has 1 amide bonds. The zero-order valence-electron chi connectivity index (χ0n) is 25.9. The molecule has 0 spiro atoms. The Labute approximate surface area is 270 Å². The van der Waals surface area contributed by atoms with Gasteiger partial charge in [0.1, 0.15) is 5.60 Å². The van der Waals surface area contributed by atoms with Gasteiger partial charge in [-0.15, -0.1) is 0 Å². The average Bonchev–Trinajstić information content (AvgIpc) is 3.33. The molecule has 5 atom stereocenters. The van der Waals surface area contributed by atoms with Gasteiger partial charge in [0.15, 0.2) is 12.4 Å². The van der Waals surface area contributed by atoms with Crippen LogP contribution < -0.4 is 5.32 Å². The van der Waals surface area contributed by atoms with Gasteiger partial charge < -0.3 is 15.2 Å². The predicted octanol–water partition coefficient (Wildman–Crippen LogP) is 7.79. The van der Waals surface area contributed by atoms with Crippen molar-refractivity contribution in [1.82, 2.24) is 5.32 Å². The predicted molar refractivity (Wildman–Crippen MR) is 164 cm³/mol. The molecule has 0 radical (unpaired) electrons. The van der Waals surface area contributed by atoms with E-state index in [9.17, 15) is 27.9 Å². The van der Waals surface area contributed by atoms with Crippen LogP contribution in [-0.2, 0) is 16.1 Å². The van der Waals surface area contributed by atoms with Crippen LogP contribution in [0.3, 0.4) is 0 Å². The van der Waals surface area contributed by atoms with Gasteiger partial charge in [-0.1, -0.05) is 66.8 Å². The Hall–Kier alpha value is -3.97. The van der Waals surface area contributed by atoms with Crippen LogP contribution in [0.25, 0.3) is 0 Å². The Balaban J connectivity index is 1.26. The largest absolute Gasteiger partial charge is 0.456 e. The molecule has 0 unspecified atom stereocenters. The maximum Gasteiger partial charge on any atom is 0.456 e. The lowest BCUT2D eigenvalue weighted by atomic mass is 9.50. The van der Waals surface area contributed by atoms with Gasteiger partial charge in [0.2, 0.25) is 0 Å². The fraction of sp³-hybridized carbons (Fsp3) is 0.459. The maximum absolute atomic E-state index is 15.2. The molecule has 2 fully saturated rings. The maximum atomic E-state index is 15.2. The molecule has 2 N–H and O–H groups in total. The van der Waals surface area contributed by atoms with E-state index in [0.717, 1.165) is 27.8 Å². The number of carbonyl (C=O) groups is 2. The lowest BCUT2D eigenvalue weighted by Crippen LogP contribution is -2.65. The number of benzene rings is 2. The van der Waals surface area contributed by atoms with Gasteiger partial charge in [-0.25, -0.2) is 4.79 Å². The minimum atomic E-state index is -5.90. The summed E-state index contributed by atoms with van der Waals surface area (Å²) in [4.78, 5) is 24.3. The number of hydrogen-bond donors (Lipinski definition) is 2. The summed E-state index contributed by atoms with van der Waals surface area (Å²) in [6.07, 6.45) is -3.64. The molecule has 4 aliphatic rings. The van der Waals surface area contributed by atoms with Crippen LogP contribution in [0.4, 0.5) is 26.7 Å². The number of alkyl carbamates (subject to hydrolysis) is 1. The summed E-state index contributed by atoms with van der Waals surface area (Å²) in [5, 5.41) is 14.1. The monoisotopic (exact) mass is 653 g/mol. The van der Waals surface area contributed by atoms with Crippen molar-refractivity contribution < 1.29 is 41.4 Å². The third-order valence-corrected chi connectivity index (χ3v) is 10.9. The Bertz CT molecular complexity index is 1670. The smallest absolute Gasteiger partial charge is 0.436 e. The van der Waals surface area contributed by atoms with Crippen molar-refractivity contribution in [2.24, 2.45) is 17.3 Å². The Morgan fingerprint density at radius 3 is 2.45 bits per heavy atom. The van der Waals surface area contributed by atoms with Crippen molar-refractivity contribution in [3.05, 3.63) is 94.1 Å². The first kappa shape index (κ1) is 33.0. The molecule has 248 valence electrons. The lowest BCUT2D eigenvalue weighted by molar-refractivity contribution is -0.362. The molecular weight excluding hydrogens is 617 g/mol. The van der Waals surface area contributed by atoms with Gasteiger partial charge in [-0.05, 0) is 90.8 Å². The Kier molecular flexibility index (Phi) is 8.58. The van der Waals surface area contributed by atoms with E-state index in [4.69, 9.17) is 4.74 Å². The molecule has 47 heavy (non-hydrogen) atoms. The summed E-state index contributed by atoms with van der Waals surface area (Å²) >= 11 is 0. The summed E-state index contributed by atoms with van der Waals surface area (Å²) in [7, 11) is 0. The van der Waals surface area contributed by atoms with Gasteiger partial charge in [-0.3, -0.25) is 4.79 Å². The summed E-state index contributed by atoms with van der Waals surface area (Å²) in [5.74, 6) is -0.916. The first-order valence-corrected chi connectivity index (χ1v) is 15.9. The van der Waals surface area contributed by atoms with E-state index in [2.05, 4.69) is 17.2 Å². The summed E-state index contributed by atoms with van der Waals surface area (Å²) in [6, 6.07) is 16.4. The minimum Gasteiger partial charge on any atom is -0.436 e. The second-order valence-corrected chi connectivity index (χ2v) is 13.3. The number of rotatable bonds is 5. The number of halogens is 5. The van der Waals surface area contributed by atoms with Crippen molar-refractivity contribution in [2.45, 2.75) is 82.0 Å². The average molecular weight is 654 g/mol. The van der Waals surface area contributed by atoms with Crippen LogP contribution >= 0.6 is 0 Å². The molecule has 0 aliphatic heterocycles. The quantitative estimate of drug-likeness (QED) is 0.255. The highest BCUT2D eigenvalue weighted by Crippen LogP contribution is 2.70. The molecule has 0 saturated heterocycles. The number of nitrogens with one attached hydrogen (secondary N) is 1. The van der Waals surface area contributed by atoms with E-state index >= 15 is 8.78 Å². The minimum absolute atomic E-state index is 0.0284. The van der Waals surface area contributed by atoms with Gasteiger partial charge in [-0.2, -0.15) is 22.0 Å². The molecule has 5 nitrogen and oxygen atoms in total. The van der Waals surface area contributed by atoms with Crippen molar-refractivity contribution >= 4 is 11.9 Å². The van der Waals surface area contributed by atoms with E-state index in [1.165, 1.54) is 6.92 Å². The lowest BCUT2D eigenvalue weighted by Gasteiger charge is -2.56. The number of fused-ring (bicyclic) bond motifs is 4. The molecule has 0 bridgehead atoms. The third-order valence-electron chi connectivity index (χ3n) is 10.9. The molecule has 0 aromatic heterocycles. The van der Waals surface area contributed by atoms with Crippen molar-refractivity contribution in [3.63, 3.8) is 0 Å². The van der Waals surface area contributed by atoms with Gasteiger partial charge >= 0.3 is 18.2 Å². The highest BCUT2D eigenvalue weighted by molar-refractivity contribution is 5.93. The first-order chi connectivity index (χ1) is 22.2. The number of hydrogen-bond acceptors (Lipinski definition) is 4. The molecule has 10 heteroatoms. The summed E-state index contributed by atoms with van der Waals surface area (Å²) < 4.78 is 76.9. The third kappa shape index (κ3) is 5.77. The van der Waals surface area contributed by atoms with E-state index in [1.54, 1.807) is 30.3 Å². The fourth-order valence-electron chi connectivity index (χ4n) is 8.57. The van der Waals surface area contributed by atoms with Gasteiger partial charge in [0.25, 0.3) is 0 Å². The number of aliphatic hydroxyl groups is 1. The molecule has 2 aromatic carbocycles. The van der Waals surface area contributed by atoms with Crippen LogP contribution in [0, 0.1) is 29.1 Å². The molecule has 2 saturated carbocycles. The molecule has 6 rings (SSSR count). The fourth-order valence-corrected chi connectivity index (χ4v) is 8.57. The number of allylic oxidation sites excluding steroid dienone is 4. The number of ketones is 1. The van der Waals surface area contributed by atoms with Crippen molar-refractivity contribution in [2.75, 3.05) is 6.61 Å². The number of amides is 1. The van der Waals surface area contributed by atoms with Crippen molar-refractivity contribution in [3.8, 4) is 11.8 Å². The molecule has 4 aliphatic carbocycles. The van der Waals surface area contributed by atoms with Crippen LogP contribution in [0.2, 0.25) is 0 Å². The zero-order valence-corrected chi connectivity index (χ0v) is 25.9. The summed E-state index contributed by atoms with van der Waals surface area (Å²) in [5.41, 5.74) is 0.216. The van der Waals surface area contributed by atoms with E-state index in [-0.39, 0.29) is 31.1 Å². The SMILES string of the molecule is C[C@]12C[C@H](c3ccc(C#CCOC(=O)NCc4ccccc4)cc3)C3=C4CCC(=O)C=C4CC[C@H]3[C@@H]1CC[C@@]2(O)C(F)(F)C(F)(F)F. The number of ether oxygens (including phenoxy) is 1. The van der Waals surface area contributed by atoms with Crippen molar-refractivity contribution in [1.29, 1.82) is 0 Å².